The van der Waals surface area contributed by atoms with Crippen LogP contribution in [0.15, 0.2) is 36.7 Å². The van der Waals surface area contributed by atoms with Gasteiger partial charge in [-0.15, -0.1) is 0 Å². The summed E-state index contributed by atoms with van der Waals surface area (Å²) in [7, 11) is 1.66. The molecule has 1 aromatic carbocycles. The lowest BCUT2D eigenvalue weighted by molar-refractivity contribution is -0.135. The van der Waals surface area contributed by atoms with Crippen LogP contribution in [0, 0.1) is 0 Å². The average molecular weight is 341 g/mol. The lowest BCUT2D eigenvalue weighted by atomic mass is 10.00. The van der Waals surface area contributed by atoms with Crippen LogP contribution in [0.25, 0.3) is 0 Å². The predicted octanol–water partition coefficient (Wildman–Crippen LogP) is 3.60. The van der Waals surface area contributed by atoms with Gasteiger partial charge in [0.15, 0.2) is 0 Å². The van der Waals surface area contributed by atoms with E-state index in [1.807, 2.05) is 41.6 Å². The van der Waals surface area contributed by atoms with E-state index < -0.39 is 0 Å². The summed E-state index contributed by atoms with van der Waals surface area (Å²) in [6.07, 6.45) is 8.38. The number of ether oxygens (including phenoxy) is 1. The number of aryl methyl sites for hydroxylation is 2. The first-order chi connectivity index (χ1) is 12.2. The summed E-state index contributed by atoms with van der Waals surface area (Å²) in [5.74, 6) is 2.10. The number of rotatable bonds is 6. The van der Waals surface area contributed by atoms with E-state index in [1.54, 1.807) is 7.11 Å². The Morgan fingerprint density at radius 2 is 2.08 bits per heavy atom. The van der Waals surface area contributed by atoms with Gasteiger partial charge < -0.3 is 14.2 Å². The number of amides is 1. The first kappa shape index (κ1) is 17.5. The van der Waals surface area contributed by atoms with Gasteiger partial charge in [-0.25, -0.2) is 4.98 Å². The standard InChI is InChI=1S/C20H27N3O2/c1-3-22-15-13-21-20(22)18-6-4-5-14-23(18)19(24)12-9-16-7-10-17(25-2)11-8-16/h7-8,10-11,13,15,18H,3-6,9,12,14H2,1-2H3/t18-/m1/s1. The molecule has 1 amide bonds. The number of methoxy groups -OCH3 is 1. The van der Waals surface area contributed by atoms with Crippen LogP contribution >= 0.6 is 0 Å². The third-order valence-corrected chi connectivity index (χ3v) is 5.00. The highest BCUT2D eigenvalue weighted by atomic mass is 16.5. The van der Waals surface area contributed by atoms with Crippen molar-refractivity contribution in [1.29, 1.82) is 0 Å². The molecule has 1 aliphatic rings. The second-order valence-electron chi connectivity index (χ2n) is 6.52. The Balaban J connectivity index is 1.66. The smallest absolute Gasteiger partial charge is 0.223 e. The molecule has 0 aliphatic carbocycles. The third-order valence-electron chi connectivity index (χ3n) is 5.00. The Hall–Kier alpha value is -2.30. The zero-order valence-electron chi connectivity index (χ0n) is 15.1. The summed E-state index contributed by atoms with van der Waals surface area (Å²) >= 11 is 0. The molecule has 1 saturated heterocycles. The lowest BCUT2D eigenvalue weighted by Crippen LogP contribution is -2.39. The van der Waals surface area contributed by atoms with Gasteiger partial charge in [-0.2, -0.15) is 0 Å². The summed E-state index contributed by atoms with van der Waals surface area (Å²) in [6, 6.07) is 8.07. The molecule has 1 aromatic heterocycles. The van der Waals surface area contributed by atoms with Crippen LogP contribution in [-0.2, 0) is 17.8 Å². The highest BCUT2D eigenvalue weighted by Gasteiger charge is 2.30. The van der Waals surface area contributed by atoms with E-state index in [0.717, 1.165) is 55.9 Å². The Morgan fingerprint density at radius 1 is 1.28 bits per heavy atom. The number of carbonyl (C=O) groups excluding carboxylic acids is 1. The van der Waals surface area contributed by atoms with Gasteiger partial charge in [0.1, 0.15) is 11.6 Å². The van der Waals surface area contributed by atoms with E-state index in [0.29, 0.717) is 6.42 Å². The maximum Gasteiger partial charge on any atom is 0.223 e. The molecule has 0 spiro atoms. The molecule has 3 rings (SSSR count). The van der Waals surface area contributed by atoms with Gasteiger partial charge in [-0.05, 0) is 50.3 Å². The van der Waals surface area contributed by atoms with Crippen LogP contribution in [-0.4, -0.2) is 34.0 Å². The monoisotopic (exact) mass is 341 g/mol. The Bertz CT molecular complexity index is 693. The van der Waals surface area contributed by atoms with Gasteiger partial charge in [0.2, 0.25) is 5.91 Å². The van der Waals surface area contributed by atoms with Crippen molar-refractivity contribution in [3.63, 3.8) is 0 Å². The number of hydrogen-bond acceptors (Lipinski definition) is 3. The Labute approximate surface area is 149 Å². The quantitative estimate of drug-likeness (QED) is 0.806. The molecule has 1 aliphatic heterocycles. The number of aromatic nitrogens is 2. The Kier molecular flexibility index (Phi) is 5.74. The summed E-state index contributed by atoms with van der Waals surface area (Å²) in [6.45, 7) is 3.84. The molecule has 2 aromatic rings. The van der Waals surface area contributed by atoms with Crippen molar-refractivity contribution in [1.82, 2.24) is 14.5 Å². The van der Waals surface area contributed by atoms with E-state index in [-0.39, 0.29) is 11.9 Å². The normalized spacial score (nSPS) is 17.5. The number of piperidine rings is 1. The van der Waals surface area contributed by atoms with Crippen LogP contribution in [0.4, 0.5) is 0 Å². The fourth-order valence-corrected chi connectivity index (χ4v) is 3.57. The van der Waals surface area contributed by atoms with E-state index >= 15 is 0 Å². The summed E-state index contributed by atoms with van der Waals surface area (Å²) < 4.78 is 7.34. The molecule has 1 fully saturated rings. The molecular formula is C20H27N3O2. The van der Waals surface area contributed by atoms with Crippen molar-refractivity contribution in [2.45, 2.75) is 51.6 Å². The number of benzene rings is 1. The summed E-state index contributed by atoms with van der Waals surface area (Å²) in [4.78, 5) is 19.4. The van der Waals surface area contributed by atoms with Gasteiger partial charge in [0.05, 0.1) is 13.2 Å². The van der Waals surface area contributed by atoms with Gasteiger partial charge >= 0.3 is 0 Å². The van der Waals surface area contributed by atoms with Crippen LogP contribution in [0.1, 0.15) is 50.0 Å². The number of likely N-dealkylation sites (tertiary alicyclic amines) is 1. The van der Waals surface area contributed by atoms with Crippen molar-refractivity contribution < 1.29 is 9.53 Å². The van der Waals surface area contributed by atoms with E-state index in [9.17, 15) is 4.79 Å². The highest BCUT2D eigenvalue weighted by Crippen LogP contribution is 2.30. The van der Waals surface area contributed by atoms with Gasteiger partial charge in [0.25, 0.3) is 0 Å². The first-order valence-electron chi connectivity index (χ1n) is 9.16. The number of hydrogen-bond donors (Lipinski definition) is 0. The lowest BCUT2D eigenvalue weighted by Gasteiger charge is -2.35. The molecule has 5 nitrogen and oxygen atoms in total. The second kappa shape index (κ2) is 8.19. The zero-order chi connectivity index (χ0) is 17.6. The molecule has 0 unspecified atom stereocenters. The van der Waals surface area contributed by atoms with Crippen LogP contribution in [0.5, 0.6) is 5.75 Å². The van der Waals surface area contributed by atoms with E-state index in [4.69, 9.17) is 4.74 Å². The number of nitrogens with zero attached hydrogens (tertiary/aromatic N) is 3. The molecule has 2 heterocycles. The molecule has 1 atom stereocenters. The minimum atomic E-state index is 0.118. The van der Waals surface area contributed by atoms with Gasteiger partial charge in [0, 0.05) is 31.9 Å². The van der Waals surface area contributed by atoms with Gasteiger partial charge in [-0.1, -0.05) is 12.1 Å². The van der Waals surface area contributed by atoms with Crippen LogP contribution in [0.3, 0.4) is 0 Å². The molecule has 0 bridgehead atoms. The fourth-order valence-electron chi connectivity index (χ4n) is 3.57. The number of carbonyl (C=O) groups is 1. The molecule has 25 heavy (non-hydrogen) atoms. The van der Waals surface area contributed by atoms with E-state index in [2.05, 4.69) is 16.5 Å². The second-order valence-corrected chi connectivity index (χ2v) is 6.52. The first-order valence-corrected chi connectivity index (χ1v) is 9.16. The van der Waals surface area contributed by atoms with Crippen molar-refractivity contribution in [2.24, 2.45) is 0 Å². The molecule has 0 N–H and O–H groups in total. The third kappa shape index (κ3) is 4.03. The summed E-state index contributed by atoms with van der Waals surface area (Å²) in [5.41, 5.74) is 1.16. The Morgan fingerprint density at radius 3 is 2.80 bits per heavy atom. The zero-order valence-corrected chi connectivity index (χ0v) is 15.1. The van der Waals surface area contributed by atoms with Crippen molar-refractivity contribution in [2.75, 3.05) is 13.7 Å². The van der Waals surface area contributed by atoms with Gasteiger partial charge in [-0.3, -0.25) is 4.79 Å². The molecule has 134 valence electrons. The largest absolute Gasteiger partial charge is 0.497 e. The topological polar surface area (TPSA) is 47.4 Å². The number of imidazole rings is 1. The minimum Gasteiger partial charge on any atom is -0.497 e. The van der Waals surface area contributed by atoms with E-state index in [1.165, 1.54) is 0 Å². The predicted molar refractivity (Wildman–Crippen MR) is 97.5 cm³/mol. The van der Waals surface area contributed by atoms with Crippen LogP contribution in [0.2, 0.25) is 0 Å². The highest BCUT2D eigenvalue weighted by molar-refractivity contribution is 5.77. The fraction of sp³-hybridized carbons (Fsp3) is 0.500. The molecule has 0 radical (unpaired) electrons. The maximum atomic E-state index is 12.9. The SMILES string of the molecule is CCn1ccnc1[C@H]1CCCCN1C(=O)CCc1ccc(OC)cc1. The average Bonchev–Trinajstić information content (AvgIpc) is 3.15. The molecular weight excluding hydrogens is 314 g/mol. The molecule has 0 saturated carbocycles. The molecule has 5 heteroatoms. The minimum absolute atomic E-state index is 0.118. The van der Waals surface area contributed by atoms with Crippen molar-refractivity contribution >= 4 is 5.91 Å². The summed E-state index contributed by atoms with van der Waals surface area (Å²) in [5, 5.41) is 0. The van der Waals surface area contributed by atoms with Crippen molar-refractivity contribution in [3.8, 4) is 5.75 Å². The maximum absolute atomic E-state index is 12.9. The van der Waals surface area contributed by atoms with Crippen molar-refractivity contribution in [3.05, 3.63) is 48.0 Å². The van der Waals surface area contributed by atoms with Crippen LogP contribution < -0.4 is 4.74 Å².